The van der Waals surface area contributed by atoms with E-state index in [0.717, 1.165) is 12.8 Å². The number of rotatable bonds is 5. The van der Waals surface area contributed by atoms with Gasteiger partial charge >= 0.3 is 0 Å². The Morgan fingerprint density at radius 2 is 2.44 bits per heavy atom. The summed E-state index contributed by atoms with van der Waals surface area (Å²) in [5.41, 5.74) is 0. The van der Waals surface area contributed by atoms with Crippen molar-refractivity contribution in [2.24, 2.45) is 4.58 Å². The Bertz CT molecular complexity index is 97.0. The summed E-state index contributed by atoms with van der Waals surface area (Å²) in [6.45, 7) is 3.48. The third kappa shape index (κ3) is 5.52. The van der Waals surface area contributed by atoms with Gasteiger partial charge < -0.3 is 4.55 Å². The standard InChI is InChI=1S/C5H9NO2S/c1-2-3-4-5-9(8)6-7/h2H,1,3-5H2. The number of nitrogens with zero attached hydrogens (tertiary/aromatic N) is 1. The van der Waals surface area contributed by atoms with Gasteiger partial charge in [-0.15, -0.1) is 6.58 Å². The Morgan fingerprint density at radius 1 is 1.78 bits per heavy atom. The van der Waals surface area contributed by atoms with Gasteiger partial charge in [0.2, 0.25) is 0 Å². The molecule has 0 aliphatic carbocycles. The average Bonchev–Trinajstić information content (AvgIpc) is 1.89. The zero-order valence-electron chi connectivity index (χ0n) is 5.08. The highest BCUT2D eigenvalue weighted by atomic mass is 32.2. The van der Waals surface area contributed by atoms with Gasteiger partial charge in [0.05, 0.1) is 0 Å². The largest absolute Gasteiger partial charge is 0.589 e. The molecule has 0 fully saturated rings. The molecule has 0 rings (SSSR count). The summed E-state index contributed by atoms with van der Waals surface area (Å²) in [5.74, 6) is 0.357. The van der Waals surface area contributed by atoms with E-state index in [1.807, 2.05) is 0 Å². The lowest BCUT2D eigenvalue weighted by Crippen LogP contribution is -2.00. The first-order chi connectivity index (χ1) is 4.31. The first-order valence-electron chi connectivity index (χ1n) is 2.64. The minimum absolute atomic E-state index is 0.357. The molecule has 0 amide bonds. The van der Waals surface area contributed by atoms with Crippen LogP contribution in [0, 0.1) is 4.91 Å². The summed E-state index contributed by atoms with van der Waals surface area (Å²) in [6, 6.07) is 0. The van der Waals surface area contributed by atoms with Crippen molar-refractivity contribution in [3.05, 3.63) is 17.6 Å². The Hall–Kier alpha value is -0.350. The highest BCUT2D eigenvalue weighted by Gasteiger charge is 2.02. The summed E-state index contributed by atoms with van der Waals surface area (Å²) in [7, 11) is 0. The van der Waals surface area contributed by atoms with E-state index < -0.39 is 11.4 Å². The third-order valence-corrected chi connectivity index (χ3v) is 1.61. The molecule has 0 saturated carbocycles. The Kier molecular flexibility index (Phi) is 5.56. The molecule has 0 aliphatic rings. The SMILES string of the molecule is C=CCCC[S+]([O-])N=O. The van der Waals surface area contributed by atoms with Crippen molar-refractivity contribution < 1.29 is 4.55 Å². The molecule has 0 aromatic heterocycles. The topological polar surface area (TPSA) is 52.5 Å². The molecule has 4 heteroatoms. The van der Waals surface area contributed by atoms with Crippen molar-refractivity contribution in [2.75, 3.05) is 5.75 Å². The molecular weight excluding hydrogens is 138 g/mol. The molecule has 0 N–H and O–H groups in total. The van der Waals surface area contributed by atoms with Crippen LogP contribution >= 0.6 is 0 Å². The van der Waals surface area contributed by atoms with E-state index in [2.05, 4.69) is 11.2 Å². The van der Waals surface area contributed by atoms with Gasteiger partial charge in [0, 0.05) is 0 Å². The maximum Gasteiger partial charge on any atom is 0.168 e. The van der Waals surface area contributed by atoms with E-state index in [9.17, 15) is 9.46 Å². The molecule has 3 nitrogen and oxygen atoms in total. The third-order valence-electron chi connectivity index (χ3n) is 0.810. The minimum Gasteiger partial charge on any atom is -0.589 e. The number of nitroso groups, excluding NO2 is 1. The van der Waals surface area contributed by atoms with Crippen LogP contribution in [0.1, 0.15) is 12.8 Å². The molecule has 1 unspecified atom stereocenters. The van der Waals surface area contributed by atoms with E-state index in [-0.39, 0.29) is 0 Å². The second-order valence-corrected chi connectivity index (χ2v) is 2.73. The molecule has 0 aromatic rings. The van der Waals surface area contributed by atoms with Crippen LogP contribution in [0.2, 0.25) is 0 Å². The summed E-state index contributed by atoms with van der Waals surface area (Å²) < 4.78 is 12.6. The van der Waals surface area contributed by atoms with Crippen LogP contribution in [0.25, 0.3) is 0 Å². The lowest BCUT2D eigenvalue weighted by atomic mass is 10.3. The van der Waals surface area contributed by atoms with Crippen molar-refractivity contribution in [1.29, 1.82) is 0 Å². The average molecular weight is 147 g/mol. The maximum atomic E-state index is 10.3. The summed E-state index contributed by atoms with van der Waals surface area (Å²) in [4.78, 5) is 9.52. The van der Waals surface area contributed by atoms with Crippen molar-refractivity contribution in [3.8, 4) is 0 Å². The highest BCUT2D eigenvalue weighted by Crippen LogP contribution is 1.97. The fourth-order valence-corrected chi connectivity index (χ4v) is 0.877. The second kappa shape index (κ2) is 5.78. The predicted molar refractivity (Wildman–Crippen MR) is 38.2 cm³/mol. The van der Waals surface area contributed by atoms with Crippen molar-refractivity contribution in [2.45, 2.75) is 12.8 Å². The van der Waals surface area contributed by atoms with Crippen LogP contribution in [-0.4, -0.2) is 10.3 Å². The lowest BCUT2D eigenvalue weighted by molar-refractivity contribution is 0.594. The summed E-state index contributed by atoms with van der Waals surface area (Å²) in [5, 5.41) is 0. The van der Waals surface area contributed by atoms with Gasteiger partial charge in [0.15, 0.2) is 4.58 Å². The van der Waals surface area contributed by atoms with Crippen LogP contribution in [0.4, 0.5) is 0 Å². The first-order valence-corrected chi connectivity index (χ1v) is 3.91. The maximum absolute atomic E-state index is 10.3. The summed E-state index contributed by atoms with van der Waals surface area (Å²) >= 11 is -1.51. The van der Waals surface area contributed by atoms with Crippen LogP contribution in [0.3, 0.4) is 0 Å². The molecule has 52 valence electrons. The predicted octanol–water partition coefficient (Wildman–Crippen LogP) is 1.38. The van der Waals surface area contributed by atoms with E-state index in [4.69, 9.17) is 0 Å². The number of allylic oxidation sites excluding steroid dienone is 1. The highest BCUT2D eigenvalue weighted by molar-refractivity contribution is 7.89. The first kappa shape index (κ1) is 8.65. The van der Waals surface area contributed by atoms with E-state index in [0.29, 0.717) is 5.75 Å². The smallest absolute Gasteiger partial charge is 0.168 e. The van der Waals surface area contributed by atoms with Gasteiger partial charge in [-0.3, -0.25) is 0 Å². The van der Waals surface area contributed by atoms with Crippen LogP contribution < -0.4 is 0 Å². The molecule has 1 atom stereocenters. The van der Waals surface area contributed by atoms with E-state index >= 15 is 0 Å². The minimum atomic E-state index is -1.51. The van der Waals surface area contributed by atoms with Crippen LogP contribution in [0.15, 0.2) is 17.2 Å². The molecule has 0 radical (unpaired) electrons. The normalized spacial score (nSPS) is 12.6. The quantitative estimate of drug-likeness (QED) is 0.255. The molecule has 0 aliphatic heterocycles. The molecule has 0 bridgehead atoms. The molecule has 9 heavy (non-hydrogen) atoms. The van der Waals surface area contributed by atoms with Gasteiger partial charge in [-0.1, -0.05) is 11.0 Å². The second-order valence-electron chi connectivity index (χ2n) is 1.53. The van der Waals surface area contributed by atoms with E-state index in [1.54, 1.807) is 6.08 Å². The Balaban J connectivity index is 3.05. The number of hydrogen-bond acceptors (Lipinski definition) is 3. The fourth-order valence-electron chi connectivity index (χ4n) is 0.388. The molecule has 0 heterocycles. The van der Waals surface area contributed by atoms with E-state index in [1.165, 1.54) is 0 Å². The van der Waals surface area contributed by atoms with Crippen molar-refractivity contribution in [3.63, 3.8) is 0 Å². The van der Waals surface area contributed by atoms with Crippen molar-refractivity contribution >= 4 is 11.4 Å². The van der Waals surface area contributed by atoms with Gasteiger partial charge in [0.25, 0.3) is 0 Å². The van der Waals surface area contributed by atoms with Gasteiger partial charge in [0.1, 0.15) is 17.1 Å². The zero-order chi connectivity index (χ0) is 7.11. The lowest BCUT2D eigenvalue weighted by Gasteiger charge is -1.95. The monoisotopic (exact) mass is 147 g/mol. The van der Waals surface area contributed by atoms with Gasteiger partial charge in [-0.05, 0) is 12.8 Å². The molecule has 0 aromatic carbocycles. The Labute approximate surface area is 57.4 Å². The van der Waals surface area contributed by atoms with Crippen LogP contribution in [-0.2, 0) is 11.4 Å². The molecular formula is C5H9NO2S. The van der Waals surface area contributed by atoms with Gasteiger partial charge in [-0.25, -0.2) is 0 Å². The van der Waals surface area contributed by atoms with Gasteiger partial charge in [-0.2, -0.15) is 0 Å². The molecule has 0 saturated heterocycles. The molecule has 0 spiro atoms. The number of unbranched alkanes of at least 4 members (excludes halogenated alkanes) is 1. The van der Waals surface area contributed by atoms with Crippen LogP contribution in [0.5, 0.6) is 0 Å². The fraction of sp³-hybridized carbons (Fsp3) is 0.600. The zero-order valence-corrected chi connectivity index (χ0v) is 5.89. The number of hydrogen-bond donors (Lipinski definition) is 0. The van der Waals surface area contributed by atoms with Crippen molar-refractivity contribution in [1.82, 2.24) is 0 Å². The summed E-state index contributed by atoms with van der Waals surface area (Å²) in [6.07, 6.45) is 3.24. The Morgan fingerprint density at radius 3 is 2.89 bits per heavy atom.